The second-order valence-corrected chi connectivity index (χ2v) is 3.46. The van der Waals surface area contributed by atoms with E-state index in [0.717, 1.165) is 0 Å². The summed E-state index contributed by atoms with van der Waals surface area (Å²) in [6, 6.07) is 3.98. The molecule has 0 fully saturated rings. The number of hydrogen-bond acceptors (Lipinski definition) is 4. The number of esters is 1. The van der Waals surface area contributed by atoms with Crippen LogP contribution in [-0.2, 0) is 4.74 Å². The number of methoxy groups -OCH3 is 1. The lowest BCUT2D eigenvalue weighted by Crippen LogP contribution is -2.13. The summed E-state index contributed by atoms with van der Waals surface area (Å²) in [5.41, 5.74) is 5.84. The van der Waals surface area contributed by atoms with Gasteiger partial charge in [-0.2, -0.15) is 13.2 Å². The van der Waals surface area contributed by atoms with Crippen molar-refractivity contribution in [2.24, 2.45) is 0 Å². The molecule has 7 heteroatoms. The van der Waals surface area contributed by atoms with Crippen LogP contribution in [0.1, 0.15) is 16.8 Å². The number of benzene rings is 1. The smallest absolute Gasteiger partial charge is 0.392 e. The zero-order valence-corrected chi connectivity index (χ0v) is 9.58. The summed E-state index contributed by atoms with van der Waals surface area (Å²) >= 11 is 0. The third kappa shape index (κ3) is 4.15. The number of carbonyl (C=O) groups excluding carboxylic acids is 1. The van der Waals surface area contributed by atoms with Gasteiger partial charge in [0.2, 0.25) is 0 Å². The number of nitrogens with two attached hydrogens (primary N) is 1. The van der Waals surface area contributed by atoms with E-state index in [-0.39, 0.29) is 17.0 Å². The number of halogens is 3. The molecule has 0 saturated heterocycles. The molecule has 0 radical (unpaired) electrons. The van der Waals surface area contributed by atoms with E-state index in [4.69, 9.17) is 10.5 Å². The van der Waals surface area contributed by atoms with Gasteiger partial charge in [0.25, 0.3) is 0 Å². The van der Waals surface area contributed by atoms with E-state index in [1.54, 1.807) is 0 Å². The molecule has 0 aliphatic heterocycles. The van der Waals surface area contributed by atoms with Crippen molar-refractivity contribution in [1.82, 2.24) is 0 Å². The van der Waals surface area contributed by atoms with Crippen molar-refractivity contribution in [3.63, 3.8) is 0 Å². The molecule has 0 amide bonds. The Kier molecular flexibility index (Phi) is 4.41. The van der Waals surface area contributed by atoms with Crippen molar-refractivity contribution < 1.29 is 27.4 Å². The van der Waals surface area contributed by atoms with Crippen LogP contribution < -0.4 is 10.5 Å². The van der Waals surface area contributed by atoms with Crippen molar-refractivity contribution in [1.29, 1.82) is 0 Å². The molecule has 4 nitrogen and oxygen atoms in total. The summed E-state index contributed by atoms with van der Waals surface area (Å²) in [5, 5.41) is 0. The van der Waals surface area contributed by atoms with Crippen LogP contribution in [0.4, 0.5) is 18.9 Å². The van der Waals surface area contributed by atoms with Gasteiger partial charge in [-0.3, -0.25) is 0 Å². The highest BCUT2D eigenvalue weighted by molar-refractivity contribution is 5.90. The number of carbonyl (C=O) groups is 1. The maximum atomic E-state index is 11.9. The molecule has 0 aliphatic rings. The molecular formula is C11H12F3NO3. The van der Waals surface area contributed by atoms with E-state index in [1.165, 1.54) is 25.3 Å². The fraction of sp³-hybridized carbons (Fsp3) is 0.364. The molecule has 1 aromatic carbocycles. The first-order chi connectivity index (χ1) is 8.33. The minimum absolute atomic E-state index is 0.0834. The second-order valence-electron chi connectivity index (χ2n) is 3.46. The molecule has 0 aliphatic carbocycles. The van der Waals surface area contributed by atoms with Gasteiger partial charge in [0.15, 0.2) is 0 Å². The summed E-state index contributed by atoms with van der Waals surface area (Å²) in [6.07, 6.45) is -5.34. The van der Waals surface area contributed by atoms with Crippen molar-refractivity contribution in [2.75, 3.05) is 19.5 Å². The van der Waals surface area contributed by atoms with E-state index < -0.39 is 25.2 Å². The van der Waals surface area contributed by atoms with E-state index in [1.807, 2.05) is 0 Å². The van der Waals surface area contributed by atoms with Crippen molar-refractivity contribution in [2.45, 2.75) is 12.6 Å². The standard InChI is InChI=1S/C11H12F3NO3/c1-17-10(16)7-2-3-9(8(15)6-7)18-5-4-11(12,13)14/h2-3,6H,4-5,15H2,1H3. The zero-order valence-electron chi connectivity index (χ0n) is 9.58. The average Bonchev–Trinajstić information content (AvgIpc) is 2.28. The lowest BCUT2D eigenvalue weighted by molar-refractivity contribution is -0.139. The molecule has 18 heavy (non-hydrogen) atoms. The Morgan fingerprint density at radius 3 is 2.56 bits per heavy atom. The summed E-state index contributed by atoms with van der Waals surface area (Å²) in [7, 11) is 1.21. The normalized spacial score (nSPS) is 11.1. The lowest BCUT2D eigenvalue weighted by atomic mass is 10.2. The number of ether oxygens (including phenoxy) is 2. The fourth-order valence-electron chi connectivity index (χ4n) is 1.20. The van der Waals surface area contributed by atoms with E-state index in [0.29, 0.717) is 0 Å². The summed E-state index contributed by atoms with van der Waals surface area (Å²) < 4.78 is 45.1. The first-order valence-corrected chi connectivity index (χ1v) is 5.01. The quantitative estimate of drug-likeness (QED) is 0.669. The summed E-state index contributed by atoms with van der Waals surface area (Å²) in [4.78, 5) is 11.2. The van der Waals surface area contributed by atoms with E-state index >= 15 is 0 Å². The molecule has 0 aromatic heterocycles. The molecule has 2 N–H and O–H groups in total. The summed E-state index contributed by atoms with van der Waals surface area (Å²) in [5.74, 6) is -0.476. The Morgan fingerprint density at radius 1 is 1.39 bits per heavy atom. The van der Waals surface area contributed by atoms with Gasteiger partial charge in [-0.25, -0.2) is 4.79 Å². The molecule has 0 heterocycles. The highest BCUT2D eigenvalue weighted by Gasteiger charge is 2.27. The third-order valence-corrected chi connectivity index (χ3v) is 2.07. The largest absolute Gasteiger partial charge is 0.491 e. The van der Waals surface area contributed by atoms with Crippen LogP contribution in [-0.4, -0.2) is 25.9 Å². The third-order valence-electron chi connectivity index (χ3n) is 2.07. The maximum absolute atomic E-state index is 11.9. The van der Waals surface area contributed by atoms with Gasteiger partial charge in [0, 0.05) is 0 Å². The molecule has 0 saturated carbocycles. The average molecular weight is 263 g/mol. The fourth-order valence-corrected chi connectivity index (χ4v) is 1.20. The van der Waals surface area contributed by atoms with Gasteiger partial charge in [-0.1, -0.05) is 0 Å². The van der Waals surface area contributed by atoms with Crippen LogP contribution >= 0.6 is 0 Å². The first kappa shape index (κ1) is 14.1. The molecule has 0 bridgehead atoms. The highest BCUT2D eigenvalue weighted by atomic mass is 19.4. The minimum atomic E-state index is -4.28. The Balaban J connectivity index is 2.66. The monoisotopic (exact) mass is 263 g/mol. The topological polar surface area (TPSA) is 61.5 Å². The van der Waals surface area contributed by atoms with E-state index in [2.05, 4.69) is 4.74 Å². The van der Waals surface area contributed by atoms with E-state index in [9.17, 15) is 18.0 Å². The highest BCUT2D eigenvalue weighted by Crippen LogP contribution is 2.25. The Morgan fingerprint density at radius 2 is 2.06 bits per heavy atom. The van der Waals surface area contributed by atoms with Crippen molar-refractivity contribution in [3.8, 4) is 5.75 Å². The molecule has 100 valence electrons. The molecular weight excluding hydrogens is 251 g/mol. The van der Waals surface area contributed by atoms with Gasteiger partial charge in [0.1, 0.15) is 5.75 Å². The summed E-state index contributed by atoms with van der Waals surface area (Å²) in [6.45, 7) is -0.523. The minimum Gasteiger partial charge on any atom is -0.491 e. The molecule has 0 unspecified atom stereocenters. The van der Waals surface area contributed by atoms with Gasteiger partial charge in [0.05, 0.1) is 31.4 Å². The number of nitrogen functional groups attached to an aromatic ring is 1. The Bertz CT molecular complexity index is 432. The predicted octanol–water partition coefficient (Wildman–Crippen LogP) is 2.39. The predicted molar refractivity (Wildman–Crippen MR) is 58.4 cm³/mol. The molecule has 0 atom stereocenters. The van der Waals surface area contributed by atoms with Crippen LogP contribution in [0.5, 0.6) is 5.75 Å². The van der Waals surface area contributed by atoms with Crippen LogP contribution in [0.25, 0.3) is 0 Å². The number of hydrogen-bond donors (Lipinski definition) is 1. The Labute approximate surface area is 101 Å². The SMILES string of the molecule is COC(=O)c1ccc(OCCC(F)(F)F)c(N)c1. The maximum Gasteiger partial charge on any atom is 0.392 e. The van der Waals surface area contributed by atoms with Crippen molar-refractivity contribution >= 4 is 11.7 Å². The lowest BCUT2D eigenvalue weighted by Gasteiger charge is -2.11. The Hall–Kier alpha value is -1.92. The van der Waals surface area contributed by atoms with Crippen LogP contribution in [0.3, 0.4) is 0 Å². The van der Waals surface area contributed by atoms with Crippen LogP contribution in [0, 0.1) is 0 Å². The van der Waals surface area contributed by atoms with Gasteiger partial charge in [-0.15, -0.1) is 0 Å². The molecule has 0 spiro atoms. The van der Waals surface area contributed by atoms with Crippen LogP contribution in [0.15, 0.2) is 18.2 Å². The molecule has 1 rings (SSSR count). The van der Waals surface area contributed by atoms with Gasteiger partial charge in [-0.05, 0) is 18.2 Å². The van der Waals surface area contributed by atoms with Gasteiger partial charge < -0.3 is 15.2 Å². The second kappa shape index (κ2) is 5.61. The van der Waals surface area contributed by atoms with Gasteiger partial charge >= 0.3 is 12.1 Å². The molecule has 1 aromatic rings. The first-order valence-electron chi connectivity index (χ1n) is 5.01. The number of rotatable bonds is 4. The van der Waals surface area contributed by atoms with Crippen molar-refractivity contribution in [3.05, 3.63) is 23.8 Å². The van der Waals surface area contributed by atoms with Crippen LogP contribution in [0.2, 0.25) is 0 Å². The number of alkyl halides is 3. The number of anilines is 1. The zero-order chi connectivity index (χ0) is 13.8.